The fraction of sp³-hybridized carbons (Fsp3) is 0.368. The number of piperidine rings is 1. The molecule has 1 fully saturated rings. The summed E-state index contributed by atoms with van der Waals surface area (Å²) in [6, 6.07) is 5.18. The van der Waals surface area contributed by atoms with Crippen molar-refractivity contribution in [3.63, 3.8) is 0 Å². The number of hydrogen-bond donors (Lipinski definition) is 0. The monoisotopic (exact) mass is 388 g/mol. The van der Waals surface area contributed by atoms with Gasteiger partial charge in [0.2, 0.25) is 0 Å². The van der Waals surface area contributed by atoms with E-state index in [1.807, 2.05) is 11.0 Å². The first-order valence-electron chi connectivity index (χ1n) is 8.69. The van der Waals surface area contributed by atoms with E-state index in [9.17, 15) is 18.8 Å². The third-order valence-electron chi connectivity index (χ3n) is 4.43. The van der Waals surface area contributed by atoms with Crippen LogP contribution in [0.5, 0.6) is 5.75 Å². The van der Waals surface area contributed by atoms with Crippen molar-refractivity contribution in [3.05, 3.63) is 47.4 Å². The molecule has 1 aliphatic heterocycles. The van der Waals surface area contributed by atoms with E-state index in [-0.39, 0.29) is 29.7 Å². The van der Waals surface area contributed by atoms with Crippen LogP contribution in [0.3, 0.4) is 0 Å². The number of esters is 1. The van der Waals surface area contributed by atoms with Crippen molar-refractivity contribution in [3.8, 4) is 11.8 Å². The van der Waals surface area contributed by atoms with Crippen LogP contribution in [0.15, 0.2) is 24.4 Å². The number of aromatic nitrogens is 2. The number of ether oxygens (including phenoxy) is 2. The van der Waals surface area contributed by atoms with Crippen LogP contribution in [0.2, 0.25) is 0 Å². The van der Waals surface area contributed by atoms with Gasteiger partial charge in [-0.3, -0.25) is 9.78 Å². The highest BCUT2D eigenvalue weighted by Crippen LogP contribution is 2.24. The molecule has 2 aromatic rings. The van der Waals surface area contributed by atoms with Crippen LogP contribution < -0.4 is 9.64 Å². The number of benzene rings is 1. The lowest BCUT2D eigenvalue weighted by Crippen LogP contribution is -2.39. The first-order valence-corrected chi connectivity index (χ1v) is 8.69. The largest absolute Gasteiger partial charge is 0.487 e. The SMILES string of the molecule is COC(=O)Cc1ncc(N2CCC(Oc3ccc(F)cc3F)CC2)nc1C#N. The Hall–Kier alpha value is -3.28. The van der Waals surface area contributed by atoms with Crippen LogP contribution >= 0.6 is 0 Å². The minimum Gasteiger partial charge on any atom is -0.487 e. The minimum absolute atomic E-state index is 0.0265. The van der Waals surface area contributed by atoms with Crippen molar-refractivity contribution < 1.29 is 23.0 Å². The Morgan fingerprint density at radius 1 is 1.36 bits per heavy atom. The van der Waals surface area contributed by atoms with Crippen LogP contribution in [-0.2, 0) is 16.0 Å². The van der Waals surface area contributed by atoms with Gasteiger partial charge in [-0.2, -0.15) is 5.26 Å². The fourth-order valence-electron chi connectivity index (χ4n) is 2.94. The van der Waals surface area contributed by atoms with Gasteiger partial charge in [-0.15, -0.1) is 0 Å². The standard InChI is InChI=1S/C19H18F2N4O3/c1-27-19(26)9-15-16(10-22)24-18(11-23-15)25-6-4-13(5-7-25)28-17-3-2-12(20)8-14(17)21/h2-3,8,11,13H,4-7,9H2,1H3. The van der Waals surface area contributed by atoms with E-state index < -0.39 is 17.6 Å². The smallest absolute Gasteiger partial charge is 0.311 e. The van der Waals surface area contributed by atoms with Crippen molar-refractivity contribution in [2.75, 3.05) is 25.1 Å². The molecule has 9 heteroatoms. The Kier molecular flexibility index (Phi) is 5.99. The fourth-order valence-corrected chi connectivity index (χ4v) is 2.94. The summed E-state index contributed by atoms with van der Waals surface area (Å²) in [5, 5.41) is 9.27. The number of anilines is 1. The molecule has 7 nitrogen and oxygen atoms in total. The molecule has 0 spiro atoms. The highest BCUT2D eigenvalue weighted by Gasteiger charge is 2.24. The number of halogens is 2. The van der Waals surface area contributed by atoms with Crippen molar-refractivity contribution in [2.24, 2.45) is 0 Å². The van der Waals surface area contributed by atoms with Gasteiger partial charge in [0.05, 0.1) is 25.4 Å². The Balaban J connectivity index is 1.63. The second kappa shape index (κ2) is 8.61. The zero-order chi connectivity index (χ0) is 20.1. The number of carbonyl (C=O) groups excluding carboxylic acids is 1. The van der Waals surface area contributed by atoms with Gasteiger partial charge in [-0.25, -0.2) is 13.8 Å². The third kappa shape index (κ3) is 4.52. The molecule has 1 saturated heterocycles. The maximum absolute atomic E-state index is 13.7. The van der Waals surface area contributed by atoms with Crippen LogP contribution in [0.4, 0.5) is 14.6 Å². The lowest BCUT2D eigenvalue weighted by molar-refractivity contribution is -0.139. The summed E-state index contributed by atoms with van der Waals surface area (Å²) in [5.74, 6) is -1.32. The third-order valence-corrected chi connectivity index (χ3v) is 4.43. The van der Waals surface area contributed by atoms with Crippen molar-refractivity contribution in [2.45, 2.75) is 25.4 Å². The molecule has 146 valence electrons. The summed E-state index contributed by atoms with van der Waals surface area (Å²) in [7, 11) is 1.26. The zero-order valence-corrected chi connectivity index (χ0v) is 15.2. The van der Waals surface area contributed by atoms with Crippen molar-refractivity contribution >= 4 is 11.8 Å². The Bertz CT molecular complexity index is 909. The number of nitriles is 1. The summed E-state index contributed by atoms with van der Waals surface area (Å²) in [5.41, 5.74) is 0.345. The molecule has 0 aliphatic carbocycles. The highest BCUT2D eigenvalue weighted by atomic mass is 19.1. The number of nitrogens with zero attached hydrogens (tertiary/aromatic N) is 4. The molecule has 28 heavy (non-hydrogen) atoms. The van der Waals surface area contributed by atoms with Gasteiger partial charge in [0.25, 0.3) is 0 Å². The van der Waals surface area contributed by atoms with E-state index in [1.165, 1.54) is 19.4 Å². The molecular weight excluding hydrogens is 370 g/mol. The second-order valence-electron chi connectivity index (χ2n) is 6.27. The summed E-state index contributed by atoms with van der Waals surface area (Å²) in [6.45, 7) is 1.15. The normalized spacial score (nSPS) is 14.4. The van der Waals surface area contributed by atoms with Crippen molar-refractivity contribution in [1.29, 1.82) is 5.26 Å². The second-order valence-corrected chi connectivity index (χ2v) is 6.27. The molecule has 0 atom stereocenters. The average molecular weight is 388 g/mol. The van der Waals surface area contributed by atoms with Gasteiger partial charge in [0.1, 0.15) is 23.8 Å². The Morgan fingerprint density at radius 2 is 2.11 bits per heavy atom. The minimum atomic E-state index is -0.729. The molecule has 0 saturated carbocycles. The van der Waals surface area contributed by atoms with Crippen LogP contribution in [0, 0.1) is 23.0 Å². The molecule has 0 amide bonds. The highest BCUT2D eigenvalue weighted by molar-refractivity contribution is 5.72. The molecule has 0 N–H and O–H groups in total. The van der Waals surface area contributed by atoms with Gasteiger partial charge >= 0.3 is 5.97 Å². The average Bonchev–Trinajstić information content (AvgIpc) is 2.71. The molecule has 0 bridgehead atoms. The number of hydrogen-bond acceptors (Lipinski definition) is 7. The van der Waals surface area contributed by atoms with Crippen LogP contribution in [0.25, 0.3) is 0 Å². The van der Waals surface area contributed by atoms with E-state index in [1.54, 1.807) is 0 Å². The van der Waals surface area contributed by atoms with Gasteiger partial charge in [0.15, 0.2) is 17.3 Å². The van der Waals surface area contributed by atoms with E-state index in [2.05, 4.69) is 14.7 Å². The lowest BCUT2D eigenvalue weighted by Gasteiger charge is -2.32. The maximum Gasteiger partial charge on any atom is 0.311 e. The maximum atomic E-state index is 13.7. The predicted octanol–water partition coefficient (Wildman–Crippen LogP) is 2.39. The predicted molar refractivity (Wildman–Crippen MR) is 94.7 cm³/mol. The molecule has 1 aliphatic rings. The molecular formula is C19H18F2N4O3. The molecule has 1 aromatic carbocycles. The summed E-state index contributed by atoms with van der Waals surface area (Å²) >= 11 is 0. The van der Waals surface area contributed by atoms with E-state index in [0.717, 1.165) is 12.1 Å². The number of methoxy groups -OCH3 is 1. The Morgan fingerprint density at radius 3 is 2.75 bits per heavy atom. The van der Waals surface area contributed by atoms with Crippen LogP contribution in [0.1, 0.15) is 24.2 Å². The van der Waals surface area contributed by atoms with Gasteiger partial charge in [-0.1, -0.05) is 0 Å². The van der Waals surface area contributed by atoms with E-state index >= 15 is 0 Å². The topological polar surface area (TPSA) is 88.3 Å². The van der Waals surface area contributed by atoms with Gasteiger partial charge in [-0.05, 0) is 12.1 Å². The molecule has 3 rings (SSSR count). The lowest BCUT2D eigenvalue weighted by atomic mass is 10.1. The Labute approximate surface area is 160 Å². The molecule has 2 heterocycles. The summed E-state index contributed by atoms with van der Waals surface area (Å²) in [6.07, 6.45) is 2.39. The number of carbonyl (C=O) groups is 1. The van der Waals surface area contributed by atoms with Crippen molar-refractivity contribution in [1.82, 2.24) is 9.97 Å². The first kappa shape index (κ1) is 19.5. The summed E-state index contributed by atoms with van der Waals surface area (Å²) < 4.78 is 36.9. The molecule has 0 unspecified atom stereocenters. The molecule has 1 aromatic heterocycles. The number of rotatable bonds is 5. The summed E-state index contributed by atoms with van der Waals surface area (Å²) in [4.78, 5) is 21.8. The zero-order valence-electron chi connectivity index (χ0n) is 15.2. The van der Waals surface area contributed by atoms with E-state index in [0.29, 0.717) is 31.7 Å². The van der Waals surface area contributed by atoms with E-state index in [4.69, 9.17) is 4.74 Å². The van der Waals surface area contributed by atoms with Gasteiger partial charge < -0.3 is 14.4 Å². The quantitative estimate of drug-likeness (QED) is 0.727. The van der Waals surface area contributed by atoms with Crippen LogP contribution in [-0.4, -0.2) is 42.2 Å². The molecule has 0 radical (unpaired) electrons. The van der Waals surface area contributed by atoms with Gasteiger partial charge in [0, 0.05) is 32.0 Å². The first-order chi connectivity index (χ1) is 13.5.